The highest BCUT2D eigenvalue weighted by atomic mass is 14.9. The summed E-state index contributed by atoms with van der Waals surface area (Å²) in [6.07, 6.45) is 3.69. The van der Waals surface area contributed by atoms with Crippen molar-refractivity contribution in [2.75, 3.05) is 0 Å². The van der Waals surface area contributed by atoms with E-state index in [0.29, 0.717) is 5.82 Å². The summed E-state index contributed by atoms with van der Waals surface area (Å²) in [4.78, 5) is 14.7. The molecule has 54 heavy (non-hydrogen) atoms. The number of rotatable bonds is 6. The maximum Gasteiger partial charge on any atom is 0.160 e. The van der Waals surface area contributed by atoms with E-state index in [9.17, 15) is 0 Å². The Morgan fingerprint density at radius 1 is 0.259 bits per heavy atom. The summed E-state index contributed by atoms with van der Waals surface area (Å²) in [5, 5.41) is 7.59. The fraction of sp³-hybridized carbons (Fsp3) is 0. The Hall–Kier alpha value is -7.23. The van der Waals surface area contributed by atoms with Crippen LogP contribution in [-0.2, 0) is 0 Å². The van der Waals surface area contributed by atoms with Crippen molar-refractivity contribution in [3.05, 3.63) is 200 Å². The van der Waals surface area contributed by atoms with Gasteiger partial charge in [0.05, 0.1) is 11.4 Å². The Kier molecular flexibility index (Phi) is 7.81. The van der Waals surface area contributed by atoms with Gasteiger partial charge < -0.3 is 0 Å². The molecule has 3 nitrogen and oxygen atoms in total. The maximum absolute atomic E-state index is 5.24. The van der Waals surface area contributed by atoms with Crippen molar-refractivity contribution in [2.24, 2.45) is 0 Å². The second kappa shape index (κ2) is 13.4. The van der Waals surface area contributed by atoms with Crippen LogP contribution in [0.2, 0.25) is 0 Å². The van der Waals surface area contributed by atoms with Crippen molar-refractivity contribution < 1.29 is 0 Å². The van der Waals surface area contributed by atoms with Crippen molar-refractivity contribution in [3.8, 4) is 67.3 Å². The largest absolute Gasteiger partial charge is 0.264 e. The van der Waals surface area contributed by atoms with E-state index in [1.54, 1.807) is 6.20 Å². The molecule has 0 atom stereocenters. The van der Waals surface area contributed by atoms with Gasteiger partial charge >= 0.3 is 0 Å². The smallest absolute Gasteiger partial charge is 0.160 e. The van der Waals surface area contributed by atoms with E-state index < -0.39 is 0 Å². The number of hydrogen-bond acceptors (Lipinski definition) is 3. The van der Waals surface area contributed by atoms with Crippen LogP contribution in [-0.4, -0.2) is 15.0 Å². The lowest BCUT2D eigenvalue weighted by Gasteiger charge is -2.15. The first-order valence-electron chi connectivity index (χ1n) is 18.2. The van der Waals surface area contributed by atoms with Gasteiger partial charge in [-0.05, 0) is 102 Å². The number of nitrogens with zero attached hydrogens (tertiary/aromatic N) is 3. The number of pyridine rings is 1. The summed E-state index contributed by atoms with van der Waals surface area (Å²) in [7, 11) is 0. The number of hydrogen-bond donors (Lipinski definition) is 0. The maximum atomic E-state index is 5.24. The van der Waals surface area contributed by atoms with Crippen molar-refractivity contribution in [1.82, 2.24) is 15.0 Å². The number of aromatic nitrogens is 3. The Morgan fingerprint density at radius 3 is 1.35 bits per heavy atom. The molecule has 2 heterocycles. The molecule has 0 aliphatic rings. The normalized spacial score (nSPS) is 11.3. The minimum atomic E-state index is 0.690. The first kappa shape index (κ1) is 31.5. The third kappa shape index (κ3) is 5.78. The lowest BCUT2D eigenvalue weighted by atomic mass is 9.90. The van der Waals surface area contributed by atoms with Crippen LogP contribution in [0.1, 0.15) is 0 Å². The highest BCUT2D eigenvalue weighted by Crippen LogP contribution is 2.39. The molecule has 0 fully saturated rings. The van der Waals surface area contributed by atoms with E-state index in [2.05, 4.69) is 169 Å². The van der Waals surface area contributed by atoms with Gasteiger partial charge in [0.2, 0.25) is 0 Å². The summed E-state index contributed by atoms with van der Waals surface area (Å²) in [6, 6.07) is 66.8. The van der Waals surface area contributed by atoms with E-state index in [-0.39, 0.29) is 0 Å². The lowest BCUT2D eigenvalue weighted by Crippen LogP contribution is -1.96. The molecular weight excluding hydrogens is 655 g/mol. The molecule has 0 saturated carbocycles. The van der Waals surface area contributed by atoms with Crippen LogP contribution < -0.4 is 0 Å². The highest BCUT2D eigenvalue weighted by molar-refractivity contribution is 6.25. The van der Waals surface area contributed by atoms with E-state index in [0.717, 1.165) is 61.5 Å². The molecule has 0 saturated heterocycles. The fourth-order valence-electron chi connectivity index (χ4n) is 7.65. The van der Waals surface area contributed by atoms with Crippen LogP contribution in [0, 0.1) is 0 Å². The predicted octanol–water partition coefficient (Wildman–Crippen LogP) is 13.3. The van der Waals surface area contributed by atoms with Gasteiger partial charge in [-0.3, -0.25) is 4.98 Å². The van der Waals surface area contributed by atoms with Gasteiger partial charge in [-0.2, -0.15) is 0 Å². The SMILES string of the molecule is c1ccc(-c2cc(-c3ccc4c5ccccc5c5ccccc5c4c3)cc(-c3cc(-c4ccc(-c5cccnc5)cc4)nc(-c4ccccc4)n3)c2)cc1. The average molecular weight is 688 g/mol. The molecule has 0 bridgehead atoms. The Labute approximate surface area is 313 Å². The minimum Gasteiger partial charge on any atom is -0.264 e. The molecule has 3 heteroatoms. The second-order valence-corrected chi connectivity index (χ2v) is 13.7. The molecule has 10 aromatic rings. The van der Waals surface area contributed by atoms with E-state index in [1.165, 1.54) is 32.3 Å². The predicted molar refractivity (Wildman–Crippen MR) is 225 cm³/mol. The summed E-state index contributed by atoms with van der Waals surface area (Å²) in [5.74, 6) is 0.690. The second-order valence-electron chi connectivity index (χ2n) is 13.7. The van der Waals surface area contributed by atoms with Crippen LogP contribution in [0.4, 0.5) is 0 Å². The number of benzene rings is 8. The zero-order valence-corrected chi connectivity index (χ0v) is 29.4. The van der Waals surface area contributed by atoms with Crippen LogP contribution >= 0.6 is 0 Å². The molecule has 0 aliphatic carbocycles. The number of fused-ring (bicyclic) bond motifs is 6. The Bertz CT molecular complexity index is 2920. The summed E-state index contributed by atoms with van der Waals surface area (Å²) >= 11 is 0. The lowest BCUT2D eigenvalue weighted by molar-refractivity contribution is 1.18. The highest BCUT2D eigenvalue weighted by Gasteiger charge is 2.15. The van der Waals surface area contributed by atoms with E-state index in [1.807, 2.05) is 30.5 Å². The van der Waals surface area contributed by atoms with Crippen molar-refractivity contribution >= 4 is 32.3 Å². The minimum absolute atomic E-state index is 0.690. The molecule has 0 amide bonds. The summed E-state index contributed by atoms with van der Waals surface area (Å²) in [5.41, 5.74) is 11.5. The molecule has 10 rings (SSSR count). The van der Waals surface area contributed by atoms with Gasteiger partial charge in [0.15, 0.2) is 5.82 Å². The molecule has 0 N–H and O–H groups in total. The molecule has 0 spiro atoms. The fourth-order valence-corrected chi connectivity index (χ4v) is 7.65. The zero-order valence-electron chi connectivity index (χ0n) is 29.4. The molecule has 8 aromatic carbocycles. The Balaban J connectivity index is 1.17. The van der Waals surface area contributed by atoms with E-state index >= 15 is 0 Å². The van der Waals surface area contributed by atoms with Gasteiger partial charge in [0.1, 0.15) is 0 Å². The Morgan fingerprint density at radius 2 is 0.722 bits per heavy atom. The van der Waals surface area contributed by atoms with Gasteiger partial charge in [-0.15, -0.1) is 0 Å². The van der Waals surface area contributed by atoms with Crippen molar-refractivity contribution in [2.45, 2.75) is 0 Å². The van der Waals surface area contributed by atoms with Crippen LogP contribution in [0.5, 0.6) is 0 Å². The van der Waals surface area contributed by atoms with Gasteiger partial charge in [0.25, 0.3) is 0 Å². The third-order valence-corrected chi connectivity index (χ3v) is 10.3. The zero-order chi connectivity index (χ0) is 35.8. The van der Waals surface area contributed by atoms with Gasteiger partial charge in [-0.1, -0.05) is 152 Å². The summed E-state index contributed by atoms with van der Waals surface area (Å²) < 4.78 is 0. The van der Waals surface area contributed by atoms with Crippen LogP contribution in [0.15, 0.2) is 200 Å². The molecule has 2 aromatic heterocycles. The molecule has 0 unspecified atom stereocenters. The molecule has 0 radical (unpaired) electrons. The first-order valence-corrected chi connectivity index (χ1v) is 18.2. The van der Waals surface area contributed by atoms with E-state index in [4.69, 9.17) is 9.97 Å². The van der Waals surface area contributed by atoms with Crippen LogP contribution in [0.25, 0.3) is 99.6 Å². The molecular formula is C51H33N3. The van der Waals surface area contributed by atoms with Crippen molar-refractivity contribution in [3.63, 3.8) is 0 Å². The topological polar surface area (TPSA) is 38.7 Å². The van der Waals surface area contributed by atoms with Gasteiger partial charge in [0, 0.05) is 29.1 Å². The van der Waals surface area contributed by atoms with Gasteiger partial charge in [-0.25, -0.2) is 9.97 Å². The van der Waals surface area contributed by atoms with Crippen molar-refractivity contribution in [1.29, 1.82) is 0 Å². The third-order valence-electron chi connectivity index (χ3n) is 10.3. The monoisotopic (exact) mass is 687 g/mol. The summed E-state index contributed by atoms with van der Waals surface area (Å²) in [6.45, 7) is 0. The van der Waals surface area contributed by atoms with Crippen LogP contribution in [0.3, 0.4) is 0 Å². The molecule has 0 aliphatic heterocycles. The quantitative estimate of drug-likeness (QED) is 0.163. The first-order chi connectivity index (χ1) is 26.7. The standard InChI is InChI=1S/C51H33N3/c1-3-12-34(13-4-1)40-28-41(38-25-26-47-45-19-8-7-17-43(45)44-18-9-10-20-46(44)48(47)31-38)30-42(29-40)50-32-49(53-51(54-50)37-14-5-2-6-15-37)36-23-21-35(22-24-36)39-16-11-27-52-33-39/h1-33H. The average Bonchev–Trinajstić information content (AvgIpc) is 3.27. The molecule has 252 valence electrons.